The van der Waals surface area contributed by atoms with Crippen molar-refractivity contribution >= 4 is 0 Å². The Hall–Kier alpha value is -0.820. The molecule has 0 aliphatic heterocycles. The molecule has 0 bridgehead atoms. The van der Waals surface area contributed by atoms with Crippen molar-refractivity contribution in [1.29, 1.82) is 0 Å². The van der Waals surface area contributed by atoms with Crippen LogP contribution in [0.4, 0.5) is 0 Å². The van der Waals surface area contributed by atoms with Gasteiger partial charge in [0.1, 0.15) is 0 Å². The summed E-state index contributed by atoms with van der Waals surface area (Å²) < 4.78 is 0. The lowest BCUT2D eigenvalue weighted by molar-refractivity contribution is 0.331. The smallest absolute Gasteiger partial charge is 0.0639 e. The average molecular weight is 208 g/mol. The maximum atomic E-state index is 8.81. The minimum absolute atomic E-state index is 0.171. The van der Waals surface area contributed by atoms with Gasteiger partial charge in [0.05, 0.1) is 6.61 Å². The fourth-order valence-electron chi connectivity index (χ4n) is 1.22. The lowest BCUT2D eigenvalue weighted by Gasteiger charge is -1.98. The van der Waals surface area contributed by atoms with E-state index in [1.54, 1.807) is 0 Å². The van der Waals surface area contributed by atoms with E-state index in [2.05, 4.69) is 39.0 Å². The number of aliphatic hydroxyl groups excluding tert-OH is 1. The standard InChI is InChI=1S/C14H24O/c1-12(2)7-5-8-13(3)9-6-10-14(4)11-15/h7,9-10,15H,5-6,8,11H2,1-4H3/b13-9+,14-10+. The van der Waals surface area contributed by atoms with Crippen LogP contribution in [0.15, 0.2) is 34.9 Å². The highest BCUT2D eigenvalue weighted by molar-refractivity contribution is 5.07. The molecule has 86 valence electrons. The van der Waals surface area contributed by atoms with Gasteiger partial charge in [-0.25, -0.2) is 0 Å². The van der Waals surface area contributed by atoms with E-state index in [1.807, 2.05) is 6.92 Å². The Kier molecular flexibility index (Phi) is 8.02. The Bertz CT molecular complexity index is 253. The largest absolute Gasteiger partial charge is 0.392 e. The molecule has 0 radical (unpaired) electrons. The van der Waals surface area contributed by atoms with E-state index >= 15 is 0 Å². The van der Waals surface area contributed by atoms with Crippen LogP contribution in [0, 0.1) is 0 Å². The normalized spacial score (nSPS) is 12.9. The molecule has 1 heteroatoms. The Morgan fingerprint density at radius 1 is 0.933 bits per heavy atom. The second-order valence-electron chi connectivity index (χ2n) is 4.31. The molecule has 1 nitrogen and oxygen atoms in total. The minimum Gasteiger partial charge on any atom is -0.392 e. The fourth-order valence-corrected chi connectivity index (χ4v) is 1.22. The van der Waals surface area contributed by atoms with Gasteiger partial charge in [0.2, 0.25) is 0 Å². The van der Waals surface area contributed by atoms with Gasteiger partial charge >= 0.3 is 0 Å². The topological polar surface area (TPSA) is 20.2 Å². The van der Waals surface area contributed by atoms with Crippen molar-refractivity contribution < 1.29 is 5.11 Å². The third-order valence-electron chi connectivity index (χ3n) is 2.27. The summed E-state index contributed by atoms with van der Waals surface area (Å²) in [5, 5.41) is 8.81. The highest BCUT2D eigenvalue weighted by Crippen LogP contribution is 2.08. The fraction of sp³-hybridized carbons (Fsp3) is 0.571. The SMILES string of the molecule is CC(C)=CCC/C(C)=C/C/C=C(\C)CO. The minimum atomic E-state index is 0.171. The predicted molar refractivity (Wildman–Crippen MR) is 67.9 cm³/mol. The summed E-state index contributed by atoms with van der Waals surface area (Å²) in [6, 6.07) is 0. The van der Waals surface area contributed by atoms with E-state index in [9.17, 15) is 0 Å². The van der Waals surface area contributed by atoms with Gasteiger partial charge in [-0.3, -0.25) is 0 Å². The first-order chi connectivity index (χ1) is 7.06. The van der Waals surface area contributed by atoms with E-state index < -0.39 is 0 Å². The summed E-state index contributed by atoms with van der Waals surface area (Å²) in [5.74, 6) is 0. The third kappa shape index (κ3) is 9.48. The summed E-state index contributed by atoms with van der Waals surface area (Å²) in [5.41, 5.74) is 3.86. The summed E-state index contributed by atoms with van der Waals surface area (Å²) in [6.07, 6.45) is 9.78. The van der Waals surface area contributed by atoms with E-state index in [-0.39, 0.29) is 6.61 Å². The molecule has 0 aromatic carbocycles. The highest BCUT2D eigenvalue weighted by atomic mass is 16.3. The van der Waals surface area contributed by atoms with E-state index in [0.29, 0.717) is 0 Å². The number of allylic oxidation sites excluding steroid dienone is 5. The lowest BCUT2D eigenvalue weighted by Crippen LogP contribution is -1.83. The zero-order valence-electron chi connectivity index (χ0n) is 10.5. The molecular weight excluding hydrogens is 184 g/mol. The maximum Gasteiger partial charge on any atom is 0.0639 e. The molecule has 0 heterocycles. The van der Waals surface area contributed by atoms with Gasteiger partial charge in [-0.2, -0.15) is 0 Å². The molecule has 0 spiro atoms. The van der Waals surface area contributed by atoms with Crippen LogP contribution in [0.25, 0.3) is 0 Å². The second-order valence-corrected chi connectivity index (χ2v) is 4.31. The van der Waals surface area contributed by atoms with Crippen LogP contribution in [0.1, 0.15) is 47.0 Å². The van der Waals surface area contributed by atoms with E-state index in [1.165, 1.54) is 11.1 Å². The first-order valence-corrected chi connectivity index (χ1v) is 5.61. The average Bonchev–Trinajstić information content (AvgIpc) is 2.17. The Morgan fingerprint density at radius 2 is 1.53 bits per heavy atom. The number of hydrogen-bond donors (Lipinski definition) is 1. The number of aliphatic hydroxyl groups is 1. The van der Waals surface area contributed by atoms with Gasteiger partial charge in [-0.1, -0.05) is 34.9 Å². The van der Waals surface area contributed by atoms with E-state index in [4.69, 9.17) is 5.11 Å². The van der Waals surface area contributed by atoms with Gasteiger partial charge in [0, 0.05) is 0 Å². The maximum absolute atomic E-state index is 8.81. The van der Waals surface area contributed by atoms with Crippen molar-refractivity contribution in [2.24, 2.45) is 0 Å². The molecule has 0 aromatic rings. The summed E-state index contributed by atoms with van der Waals surface area (Å²) in [4.78, 5) is 0. The van der Waals surface area contributed by atoms with Crippen LogP contribution < -0.4 is 0 Å². The van der Waals surface area contributed by atoms with Crippen LogP contribution >= 0.6 is 0 Å². The molecule has 0 aliphatic carbocycles. The molecule has 0 atom stereocenters. The van der Waals surface area contributed by atoms with Crippen LogP contribution in [0.3, 0.4) is 0 Å². The molecule has 0 saturated heterocycles. The van der Waals surface area contributed by atoms with Crippen LogP contribution in [-0.2, 0) is 0 Å². The Balaban J connectivity index is 3.85. The van der Waals surface area contributed by atoms with Gasteiger partial charge in [-0.15, -0.1) is 0 Å². The van der Waals surface area contributed by atoms with Crippen molar-refractivity contribution in [3.05, 3.63) is 34.9 Å². The van der Waals surface area contributed by atoms with Crippen molar-refractivity contribution in [2.75, 3.05) is 6.61 Å². The summed E-state index contributed by atoms with van der Waals surface area (Å²) >= 11 is 0. The van der Waals surface area contributed by atoms with E-state index in [0.717, 1.165) is 24.8 Å². The predicted octanol–water partition coefficient (Wildman–Crippen LogP) is 4.01. The second kappa shape index (κ2) is 8.49. The molecule has 0 aliphatic rings. The molecule has 0 unspecified atom stereocenters. The molecule has 0 saturated carbocycles. The molecule has 0 rings (SSSR count). The molecule has 1 N–H and O–H groups in total. The van der Waals surface area contributed by atoms with Crippen molar-refractivity contribution in [2.45, 2.75) is 47.0 Å². The van der Waals surface area contributed by atoms with Crippen molar-refractivity contribution in [3.63, 3.8) is 0 Å². The van der Waals surface area contributed by atoms with Gasteiger partial charge < -0.3 is 5.11 Å². The zero-order valence-corrected chi connectivity index (χ0v) is 10.5. The number of hydrogen-bond acceptors (Lipinski definition) is 1. The van der Waals surface area contributed by atoms with Crippen LogP contribution in [0.2, 0.25) is 0 Å². The summed E-state index contributed by atoms with van der Waals surface area (Å²) in [6.45, 7) is 8.55. The number of rotatable bonds is 6. The third-order valence-corrected chi connectivity index (χ3v) is 2.27. The molecule has 0 amide bonds. The quantitative estimate of drug-likeness (QED) is 0.654. The first-order valence-electron chi connectivity index (χ1n) is 5.61. The van der Waals surface area contributed by atoms with Crippen molar-refractivity contribution in [3.8, 4) is 0 Å². The first kappa shape index (κ1) is 14.2. The van der Waals surface area contributed by atoms with Gasteiger partial charge in [0.25, 0.3) is 0 Å². The Morgan fingerprint density at radius 3 is 2.07 bits per heavy atom. The van der Waals surface area contributed by atoms with Gasteiger partial charge in [-0.05, 0) is 47.0 Å². The molecular formula is C14H24O. The molecule has 0 fully saturated rings. The molecule has 15 heavy (non-hydrogen) atoms. The monoisotopic (exact) mass is 208 g/mol. The molecule has 0 aromatic heterocycles. The van der Waals surface area contributed by atoms with Gasteiger partial charge in [0.15, 0.2) is 0 Å². The highest BCUT2D eigenvalue weighted by Gasteiger charge is 1.88. The lowest BCUT2D eigenvalue weighted by atomic mass is 10.1. The van der Waals surface area contributed by atoms with Crippen LogP contribution in [-0.4, -0.2) is 11.7 Å². The zero-order chi connectivity index (χ0) is 11.7. The Labute approximate surface area is 94.2 Å². The van der Waals surface area contributed by atoms with Crippen molar-refractivity contribution in [1.82, 2.24) is 0 Å². The van der Waals surface area contributed by atoms with Crippen LogP contribution in [0.5, 0.6) is 0 Å². The summed E-state index contributed by atoms with van der Waals surface area (Å²) in [7, 11) is 0.